The zero-order valence-corrected chi connectivity index (χ0v) is 13.2. The van der Waals surface area contributed by atoms with Gasteiger partial charge >= 0.3 is 0 Å². The molecule has 0 radical (unpaired) electrons. The quantitative estimate of drug-likeness (QED) is 0.794. The van der Waals surface area contributed by atoms with Gasteiger partial charge in [-0.15, -0.1) is 0 Å². The predicted octanol–water partition coefficient (Wildman–Crippen LogP) is 3.85. The van der Waals surface area contributed by atoms with Crippen LogP contribution < -0.4 is 10.9 Å². The van der Waals surface area contributed by atoms with Crippen molar-refractivity contribution >= 4 is 34.0 Å². The van der Waals surface area contributed by atoms with Crippen molar-refractivity contribution in [3.63, 3.8) is 0 Å². The van der Waals surface area contributed by atoms with E-state index in [9.17, 15) is 9.59 Å². The van der Waals surface area contributed by atoms with E-state index in [1.54, 1.807) is 43.5 Å². The van der Waals surface area contributed by atoms with Gasteiger partial charge in [-0.3, -0.25) is 9.59 Å². The van der Waals surface area contributed by atoms with Gasteiger partial charge in [0.25, 0.3) is 5.56 Å². The van der Waals surface area contributed by atoms with Crippen LogP contribution in [0, 0.1) is 0 Å². The summed E-state index contributed by atoms with van der Waals surface area (Å²) in [4.78, 5) is 24.9. The van der Waals surface area contributed by atoms with Crippen LogP contribution in [-0.2, 0) is 4.79 Å². The first-order valence-corrected chi connectivity index (χ1v) is 7.60. The zero-order valence-electron chi connectivity index (χ0n) is 12.5. The molecule has 0 unspecified atom stereocenters. The Morgan fingerprint density at radius 3 is 2.70 bits per heavy atom. The number of nitrogens with one attached hydrogen (secondary N) is 1. The molecule has 3 aromatic rings. The molecule has 23 heavy (non-hydrogen) atoms. The van der Waals surface area contributed by atoms with Gasteiger partial charge in [-0.2, -0.15) is 0 Å². The fraction of sp³-hybridized carbons (Fsp3) is 0.111. The molecule has 4 nitrogen and oxygen atoms in total. The largest absolute Gasteiger partial charge is 0.324 e. The summed E-state index contributed by atoms with van der Waals surface area (Å²) in [5.41, 5.74) is 0.417. The molecular formula is C18H15ClN2O2. The molecule has 0 aliphatic carbocycles. The van der Waals surface area contributed by atoms with Gasteiger partial charge in [0.2, 0.25) is 5.91 Å². The van der Waals surface area contributed by atoms with Gasteiger partial charge in [-0.05, 0) is 42.6 Å². The lowest BCUT2D eigenvalue weighted by molar-refractivity contribution is -0.118. The summed E-state index contributed by atoms with van der Waals surface area (Å²) >= 11 is 5.91. The molecule has 116 valence electrons. The number of fused-ring (bicyclic) bond motifs is 1. The van der Waals surface area contributed by atoms with Crippen molar-refractivity contribution < 1.29 is 4.79 Å². The minimum absolute atomic E-state index is 0.183. The van der Waals surface area contributed by atoms with E-state index in [0.717, 1.165) is 5.39 Å². The van der Waals surface area contributed by atoms with Crippen LogP contribution in [0.15, 0.2) is 65.6 Å². The Morgan fingerprint density at radius 1 is 1.13 bits per heavy atom. The third-order valence-corrected chi connectivity index (χ3v) is 3.96. The van der Waals surface area contributed by atoms with Crippen LogP contribution in [-0.4, -0.2) is 10.5 Å². The highest BCUT2D eigenvalue weighted by Gasteiger charge is 2.17. The molecule has 0 spiro atoms. The number of hydrogen-bond donors (Lipinski definition) is 1. The Hall–Kier alpha value is -2.59. The molecule has 0 fully saturated rings. The Bertz CT molecular complexity index is 933. The Balaban J connectivity index is 1.90. The topological polar surface area (TPSA) is 51.1 Å². The molecule has 0 aliphatic heterocycles. The van der Waals surface area contributed by atoms with Crippen LogP contribution in [0.5, 0.6) is 0 Å². The molecule has 2 aromatic carbocycles. The minimum Gasteiger partial charge on any atom is -0.324 e. The third kappa shape index (κ3) is 3.12. The lowest BCUT2D eigenvalue weighted by atomic mass is 10.1. The van der Waals surface area contributed by atoms with Gasteiger partial charge in [0.1, 0.15) is 6.04 Å². The van der Waals surface area contributed by atoms with E-state index in [1.165, 1.54) is 4.57 Å². The van der Waals surface area contributed by atoms with Crippen LogP contribution >= 0.6 is 11.6 Å². The summed E-state index contributed by atoms with van der Waals surface area (Å²) in [6.07, 6.45) is 1.65. The van der Waals surface area contributed by atoms with Gasteiger partial charge in [-0.25, -0.2) is 0 Å². The van der Waals surface area contributed by atoms with Crippen LogP contribution in [0.25, 0.3) is 10.8 Å². The number of hydrogen-bond acceptors (Lipinski definition) is 2. The van der Waals surface area contributed by atoms with E-state index in [4.69, 9.17) is 11.6 Å². The molecule has 1 aromatic heterocycles. The number of amides is 1. The van der Waals surface area contributed by atoms with Crippen LogP contribution in [0.4, 0.5) is 5.69 Å². The third-order valence-electron chi connectivity index (χ3n) is 3.73. The molecule has 1 heterocycles. The molecule has 1 N–H and O–H groups in total. The number of aromatic nitrogens is 1. The highest BCUT2D eigenvalue weighted by atomic mass is 35.5. The van der Waals surface area contributed by atoms with Gasteiger partial charge in [-0.1, -0.05) is 35.9 Å². The van der Waals surface area contributed by atoms with E-state index < -0.39 is 6.04 Å². The number of halogens is 1. The highest BCUT2D eigenvalue weighted by Crippen LogP contribution is 2.17. The summed E-state index contributed by atoms with van der Waals surface area (Å²) in [5, 5.41) is 4.77. The van der Waals surface area contributed by atoms with Crippen molar-refractivity contribution in [2.24, 2.45) is 0 Å². The number of carbonyl (C=O) groups excluding carboxylic acids is 1. The molecular weight excluding hydrogens is 312 g/mol. The first-order chi connectivity index (χ1) is 11.1. The summed E-state index contributed by atoms with van der Waals surface area (Å²) in [7, 11) is 0. The monoisotopic (exact) mass is 326 g/mol. The van der Waals surface area contributed by atoms with Crippen molar-refractivity contribution in [1.29, 1.82) is 0 Å². The molecule has 1 amide bonds. The van der Waals surface area contributed by atoms with Crippen LogP contribution in [0.2, 0.25) is 5.02 Å². The second-order valence-corrected chi connectivity index (χ2v) is 5.73. The summed E-state index contributed by atoms with van der Waals surface area (Å²) < 4.78 is 1.43. The second-order valence-electron chi connectivity index (χ2n) is 5.29. The molecule has 3 rings (SSSR count). The van der Waals surface area contributed by atoms with Gasteiger partial charge in [0.15, 0.2) is 0 Å². The van der Waals surface area contributed by atoms with E-state index in [1.807, 2.05) is 24.3 Å². The average Bonchev–Trinajstić information content (AvgIpc) is 2.55. The summed E-state index contributed by atoms with van der Waals surface area (Å²) in [6, 6.07) is 15.4. The van der Waals surface area contributed by atoms with Crippen molar-refractivity contribution in [3.8, 4) is 0 Å². The zero-order chi connectivity index (χ0) is 16.4. The molecule has 5 heteroatoms. The number of anilines is 1. The average molecular weight is 327 g/mol. The standard InChI is InChI=1S/C18H15ClN2O2/c1-12(17(22)20-15-7-4-6-14(19)11-15)21-10-9-13-5-2-3-8-16(13)18(21)23/h2-12H,1H3,(H,20,22)/t12-/m0/s1. The lowest BCUT2D eigenvalue weighted by Gasteiger charge is -2.16. The molecule has 1 atom stereocenters. The Kier molecular flexibility index (Phi) is 4.17. The van der Waals surface area contributed by atoms with Crippen molar-refractivity contribution in [3.05, 3.63) is 76.2 Å². The van der Waals surface area contributed by atoms with Crippen molar-refractivity contribution in [2.75, 3.05) is 5.32 Å². The number of benzene rings is 2. The molecule has 0 aliphatic rings. The van der Waals surface area contributed by atoms with Crippen molar-refractivity contribution in [2.45, 2.75) is 13.0 Å². The van der Waals surface area contributed by atoms with Crippen LogP contribution in [0.1, 0.15) is 13.0 Å². The number of nitrogens with zero attached hydrogens (tertiary/aromatic N) is 1. The highest BCUT2D eigenvalue weighted by molar-refractivity contribution is 6.30. The van der Waals surface area contributed by atoms with E-state index >= 15 is 0 Å². The van der Waals surface area contributed by atoms with Crippen LogP contribution in [0.3, 0.4) is 0 Å². The van der Waals surface area contributed by atoms with Gasteiger partial charge < -0.3 is 9.88 Å². The molecule has 0 saturated heterocycles. The molecule has 0 bridgehead atoms. The Morgan fingerprint density at radius 2 is 1.91 bits per heavy atom. The van der Waals surface area contributed by atoms with Gasteiger partial charge in [0, 0.05) is 22.3 Å². The summed E-state index contributed by atoms with van der Waals surface area (Å²) in [5.74, 6) is -0.273. The Labute approximate surface area is 138 Å². The normalized spacial score (nSPS) is 12.1. The van der Waals surface area contributed by atoms with E-state index in [-0.39, 0.29) is 11.5 Å². The SMILES string of the molecule is C[C@@H](C(=O)Nc1cccc(Cl)c1)n1ccc2ccccc2c1=O. The lowest BCUT2D eigenvalue weighted by Crippen LogP contribution is -2.31. The maximum atomic E-state index is 12.5. The number of rotatable bonds is 3. The van der Waals surface area contributed by atoms with E-state index in [0.29, 0.717) is 16.1 Å². The first-order valence-electron chi connectivity index (χ1n) is 7.22. The van der Waals surface area contributed by atoms with Gasteiger partial charge in [0.05, 0.1) is 0 Å². The smallest absolute Gasteiger partial charge is 0.259 e. The number of carbonyl (C=O) groups is 1. The van der Waals surface area contributed by atoms with Crippen molar-refractivity contribution in [1.82, 2.24) is 4.57 Å². The maximum absolute atomic E-state index is 12.5. The second kappa shape index (κ2) is 6.26. The number of pyridine rings is 1. The molecule has 0 saturated carbocycles. The predicted molar refractivity (Wildman–Crippen MR) is 93.0 cm³/mol. The van der Waals surface area contributed by atoms with E-state index in [2.05, 4.69) is 5.32 Å². The fourth-order valence-corrected chi connectivity index (χ4v) is 2.64. The maximum Gasteiger partial charge on any atom is 0.259 e. The minimum atomic E-state index is -0.633. The fourth-order valence-electron chi connectivity index (χ4n) is 2.45. The first kappa shape index (κ1) is 15.3. The summed E-state index contributed by atoms with van der Waals surface area (Å²) in [6.45, 7) is 1.69.